The number of fused-ring (bicyclic) bond motifs is 1. The number of hydrogen-bond acceptors (Lipinski definition) is 2. The summed E-state index contributed by atoms with van der Waals surface area (Å²) in [4.78, 5) is 14.2. The number of carbonyl (C=O) groups is 1. The molecule has 0 aliphatic carbocycles. The zero-order chi connectivity index (χ0) is 13.2. The number of carbonyl (C=O) groups excluding carboxylic acids is 1. The largest absolute Gasteiger partial charge is 0.508 e. The van der Waals surface area contributed by atoms with Crippen LogP contribution in [0.2, 0.25) is 0 Å². The van der Waals surface area contributed by atoms with Crippen molar-refractivity contribution in [2.45, 2.75) is 13.0 Å². The Morgan fingerprint density at radius 2 is 1.89 bits per heavy atom. The lowest BCUT2D eigenvalue weighted by Crippen LogP contribution is -2.36. The van der Waals surface area contributed by atoms with Gasteiger partial charge >= 0.3 is 0 Å². The molecule has 0 fully saturated rings. The zero-order valence-corrected chi connectivity index (χ0v) is 10.5. The van der Waals surface area contributed by atoms with E-state index in [9.17, 15) is 9.90 Å². The highest BCUT2D eigenvalue weighted by atomic mass is 16.3. The number of phenols is 1. The maximum absolute atomic E-state index is 12.4. The Morgan fingerprint density at radius 1 is 1.11 bits per heavy atom. The molecule has 0 saturated heterocycles. The van der Waals surface area contributed by atoms with Gasteiger partial charge in [0, 0.05) is 18.7 Å². The lowest BCUT2D eigenvalue weighted by molar-refractivity contribution is 0.0727. The van der Waals surface area contributed by atoms with E-state index in [-0.39, 0.29) is 11.7 Å². The average Bonchev–Trinajstić information content (AvgIpc) is 2.43. The average molecular weight is 253 g/mol. The van der Waals surface area contributed by atoms with Crippen molar-refractivity contribution >= 4 is 5.91 Å². The molecule has 19 heavy (non-hydrogen) atoms. The number of benzene rings is 2. The lowest BCUT2D eigenvalue weighted by Gasteiger charge is -2.28. The van der Waals surface area contributed by atoms with Crippen LogP contribution in [0.25, 0.3) is 0 Å². The fourth-order valence-corrected chi connectivity index (χ4v) is 2.48. The molecule has 1 N–H and O–H groups in total. The first-order chi connectivity index (χ1) is 9.24. The van der Waals surface area contributed by atoms with Crippen molar-refractivity contribution in [1.82, 2.24) is 4.90 Å². The third-order valence-electron chi connectivity index (χ3n) is 3.47. The van der Waals surface area contributed by atoms with Gasteiger partial charge in [-0.2, -0.15) is 0 Å². The summed E-state index contributed by atoms with van der Waals surface area (Å²) >= 11 is 0. The summed E-state index contributed by atoms with van der Waals surface area (Å²) in [5.41, 5.74) is 2.78. The maximum atomic E-state index is 12.4. The molecule has 1 aliphatic rings. The topological polar surface area (TPSA) is 40.5 Å². The van der Waals surface area contributed by atoms with E-state index >= 15 is 0 Å². The van der Waals surface area contributed by atoms with E-state index < -0.39 is 0 Å². The van der Waals surface area contributed by atoms with Gasteiger partial charge in [-0.3, -0.25) is 4.79 Å². The first-order valence-corrected chi connectivity index (χ1v) is 6.39. The predicted molar refractivity (Wildman–Crippen MR) is 73.0 cm³/mol. The summed E-state index contributed by atoms with van der Waals surface area (Å²) in [7, 11) is 0. The highest BCUT2D eigenvalue weighted by molar-refractivity contribution is 5.96. The Labute approximate surface area is 112 Å². The number of hydrogen-bond donors (Lipinski definition) is 1. The van der Waals surface area contributed by atoms with Crippen LogP contribution >= 0.6 is 0 Å². The van der Waals surface area contributed by atoms with Gasteiger partial charge in [-0.05, 0) is 35.7 Å². The van der Waals surface area contributed by atoms with Crippen LogP contribution in [0.15, 0.2) is 48.5 Å². The number of aromatic hydroxyl groups is 1. The quantitative estimate of drug-likeness (QED) is 0.893. The molecule has 0 spiro atoms. The molecule has 0 atom stereocenters. The number of nitrogens with zero attached hydrogens (tertiary/aromatic N) is 1. The van der Waals surface area contributed by atoms with E-state index in [2.05, 4.69) is 0 Å². The van der Waals surface area contributed by atoms with Crippen LogP contribution in [-0.4, -0.2) is 22.5 Å². The summed E-state index contributed by atoms with van der Waals surface area (Å²) in [5.74, 6) is 0.271. The summed E-state index contributed by atoms with van der Waals surface area (Å²) in [5, 5.41) is 9.45. The van der Waals surface area contributed by atoms with Crippen molar-refractivity contribution in [2.24, 2.45) is 0 Å². The molecule has 1 heterocycles. The van der Waals surface area contributed by atoms with Crippen molar-refractivity contribution in [3.8, 4) is 5.75 Å². The third kappa shape index (κ3) is 2.32. The Balaban J connectivity index is 1.84. The van der Waals surface area contributed by atoms with Crippen LogP contribution in [0.4, 0.5) is 0 Å². The molecule has 1 aliphatic heterocycles. The lowest BCUT2D eigenvalue weighted by atomic mass is 9.98. The van der Waals surface area contributed by atoms with E-state index in [4.69, 9.17) is 0 Å². The summed E-state index contributed by atoms with van der Waals surface area (Å²) in [6.45, 7) is 1.34. The molecule has 0 bridgehead atoms. The van der Waals surface area contributed by atoms with E-state index in [1.165, 1.54) is 0 Å². The Bertz CT molecular complexity index is 607. The van der Waals surface area contributed by atoms with Crippen LogP contribution < -0.4 is 0 Å². The Hall–Kier alpha value is -2.29. The van der Waals surface area contributed by atoms with Gasteiger partial charge in [0.15, 0.2) is 0 Å². The molecule has 96 valence electrons. The molecular weight excluding hydrogens is 238 g/mol. The van der Waals surface area contributed by atoms with Crippen molar-refractivity contribution in [2.75, 3.05) is 6.54 Å². The molecule has 0 aromatic heterocycles. The minimum Gasteiger partial charge on any atom is -0.508 e. The number of rotatable bonds is 2. The smallest absolute Gasteiger partial charge is 0.254 e. The molecule has 0 saturated carbocycles. The number of phenolic OH excluding ortho intramolecular Hbond substituents is 1. The molecule has 2 aromatic rings. The molecule has 3 nitrogen and oxygen atoms in total. The molecule has 3 rings (SSSR count). The van der Waals surface area contributed by atoms with Gasteiger partial charge in [0.1, 0.15) is 5.75 Å². The first-order valence-electron chi connectivity index (χ1n) is 6.39. The minimum absolute atomic E-state index is 0.0464. The van der Waals surface area contributed by atoms with Crippen molar-refractivity contribution in [3.05, 3.63) is 65.2 Å². The van der Waals surface area contributed by atoms with Gasteiger partial charge in [-0.25, -0.2) is 0 Å². The SMILES string of the molecule is O=C1c2ccc(O)cc2CCN1Cc1ccccc1. The van der Waals surface area contributed by atoms with Gasteiger partial charge in [0.05, 0.1) is 0 Å². The maximum Gasteiger partial charge on any atom is 0.254 e. The van der Waals surface area contributed by atoms with E-state index in [1.54, 1.807) is 18.2 Å². The van der Waals surface area contributed by atoms with Gasteiger partial charge in [-0.1, -0.05) is 30.3 Å². The highest BCUT2D eigenvalue weighted by Gasteiger charge is 2.24. The second kappa shape index (κ2) is 4.76. The van der Waals surface area contributed by atoms with Gasteiger partial charge in [0.25, 0.3) is 5.91 Å². The molecule has 0 unspecified atom stereocenters. The van der Waals surface area contributed by atoms with Crippen molar-refractivity contribution in [1.29, 1.82) is 0 Å². The second-order valence-corrected chi connectivity index (χ2v) is 4.80. The van der Waals surface area contributed by atoms with E-state index in [1.807, 2.05) is 35.2 Å². The van der Waals surface area contributed by atoms with Gasteiger partial charge in [0.2, 0.25) is 0 Å². The van der Waals surface area contributed by atoms with Crippen LogP contribution in [0.3, 0.4) is 0 Å². The van der Waals surface area contributed by atoms with Gasteiger partial charge in [-0.15, -0.1) is 0 Å². The van der Waals surface area contributed by atoms with Crippen LogP contribution in [0.1, 0.15) is 21.5 Å². The van der Waals surface area contributed by atoms with Crippen LogP contribution in [-0.2, 0) is 13.0 Å². The first kappa shape index (κ1) is 11.8. The second-order valence-electron chi connectivity index (χ2n) is 4.80. The number of amides is 1. The standard InChI is InChI=1S/C16H15NO2/c18-14-6-7-15-13(10-14)8-9-17(16(15)19)11-12-4-2-1-3-5-12/h1-7,10,18H,8-9,11H2. The third-order valence-corrected chi connectivity index (χ3v) is 3.47. The molecule has 2 aromatic carbocycles. The Kier molecular flexibility index (Phi) is 2.95. The monoisotopic (exact) mass is 253 g/mol. The van der Waals surface area contributed by atoms with Crippen LogP contribution in [0.5, 0.6) is 5.75 Å². The Morgan fingerprint density at radius 3 is 2.68 bits per heavy atom. The van der Waals surface area contributed by atoms with E-state index in [0.717, 1.165) is 17.5 Å². The van der Waals surface area contributed by atoms with Crippen molar-refractivity contribution in [3.63, 3.8) is 0 Å². The molecule has 0 radical (unpaired) electrons. The fraction of sp³-hybridized carbons (Fsp3) is 0.188. The summed E-state index contributed by atoms with van der Waals surface area (Å²) < 4.78 is 0. The summed E-state index contributed by atoms with van der Waals surface area (Å²) in [6, 6.07) is 15.0. The fourth-order valence-electron chi connectivity index (χ4n) is 2.48. The van der Waals surface area contributed by atoms with E-state index in [0.29, 0.717) is 18.7 Å². The molecule has 1 amide bonds. The predicted octanol–water partition coefficient (Wildman–Crippen LogP) is 2.59. The zero-order valence-electron chi connectivity index (χ0n) is 10.5. The highest BCUT2D eigenvalue weighted by Crippen LogP contribution is 2.24. The molecular formula is C16H15NO2. The van der Waals surface area contributed by atoms with Crippen molar-refractivity contribution < 1.29 is 9.90 Å². The van der Waals surface area contributed by atoms with Gasteiger partial charge < -0.3 is 10.0 Å². The summed E-state index contributed by atoms with van der Waals surface area (Å²) in [6.07, 6.45) is 0.794. The molecule has 3 heteroatoms. The minimum atomic E-state index is 0.0464. The normalized spacial score (nSPS) is 14.3. The van der Waals surface area contributed by atoms with Crippen LogP contribution in [0, 0.1) is 0 Å².